The van der Waals surface area contributed by atoms with Crippen molar-refractivity contribution < 1.29 is 19.1 Å². The van der Waals surface area contributed by atoms with Gasteiger partial charge in [-0.3, -0.25) is 14.5 Å². The molecule has 1 unspecified atom stereocenters. The van der Waals surface area contributed by atoms with E-state index < -0.39 is 12.2 Å². The second-order valence-corrected chi connectivity index (χ2v) is 6.56. The van der Waals surface area contributed by atoms with Crippen LogP contribution in [-0.2, 0) is 4.74 Å². The molecule has 5 nitrogen and oxygen atoms in total. The van der Waals surface area contributed by atoms with Crippen LogP contribution in [0, 0.1) is 0 Å². The van der Waals surface area contributed by atoms with Crippen LogP contribution in [-0.4, -0.2) is 22.6 Å². The number of rotatable bonds is 2. The van der Waals surface area contributed by atoms with E-state index in [0.29, 0.717) is 34.2 Å². The third-order valence-corrected chi connectivity index (χ3v) is 4.76. The largest absolute Gasteiger partial charge is 0.441 e. The van der Waals surface area contributed by atoms with E-state index in [9.17, 15) is 14.4 Å². The zero-order valence-corrected chi connectivity index (χ0v) is 15.2. The van der Waals surface area contributed by atoms with Gasteiger partial charge in [-0.05, 0) is 37.1 Å². The lowest BCUT2D eigenvalue weighted by Crippen LogP contribution is -2.23. The Morgan fingerprint density at radius 3 is 2.46 bits per heavy atom. The molecule has 1 aliphatic carbocycles. The molecule has 0 fully saturated rings. The Morgan fingerprint density at radius 1 is 1.04 bits per heavy atom. The number of amides is 1. The average Bonchev–Trinajstić information content (AvgIpc) is 3.01. The monoisotopic (exact) mass is 371 g/mol. The predicted molar refractivity (Wildman–Crippen MR) is 103 cm³/mol. The molecule has 0 saturated carbocycles. The number of carbonyl (C=O) groups is 3. The van der Waals surface area contributed by atoms with E-state index >= 15 is 0 Å². The van der Waals surface area contributed by atoms with Crippen molar-refractivity contribution in [2.75, 3.05) is 0 Å². The van der Waals surface area contributed by atoms with Crippen LogP contribution >= 0.6 is 0 Å². The number of hydrogen-bond donors (Lipinski definition) is 0. The molecule has 1 aliphatic heterocycles. The molecule has 0 bridgehead atoms. The van der Waals surface area contributed by atoms with Crippen molar-refractivity contribution in [2.24, 2.45) is 0 Å². The summed E-state index contributed by atoms with van der Waals surface area (Å²) < 4.78 is 5.51. The first-order chi connectivity index (χ1) is 13.6. The summed E-state index contributed by atoms with van der Waals surface area (Å²) in [6.07, 6.45) is 6.31. The highest BCUT2D eigenvalue weighted by Gasteiger charge is 2.30. The number of hydrogen-bond acceptors (Lipinski definition) is 4. The molecule has 0 aromatic heterocycles. The lowest BCUT2D eigenvalue weighted by Gasteiger charge is -2.21. The van der Waals surface area contributed by atoms with Crippen LogP contribution in [0.5, 0.6) is 0 Å². The normalized spacial score (nSPS) is 15.7. The van der Waals surface area contributed by atoms with Crippen molar-refractivity contribution >= 4 is 17.7 Å². The molecule has 1 atom stereocenters. The lowest BCUT2D eigenvalue weighted by molar-refractivity contribution is 0.0902. The van der Waals surface area contributed by atoms with Gasteiger partial charge in [0.25, 0.3) is 0 Å². The second kappa shape index (κ2) is 7.14. The maximum atomic E-state index is 12.8. The van der Waals surface area contributed by atoms with Gasteiger partial charge < -0.3 is 4.74 Å². The van der Waals surface area contributed by atoms with Gasteiger partial charge in [0.15, 0.2) is 11.6 Å². The van der Waals surface area contributed by atoms with E-state index in [1.165, 1.54) is 11.1 Å². The molecule has 0 N–H and O–H groups in total. The smallest absolute Gasteiger partial charge is 0.419 e. The molecule has 1 heterocycles. The fourth-order valence-corrected chi connectivity index (χ4v) is 3.25. The Morgan fingerprint density at radius 2 is 1.71 bits per heavy atom. The molecule has 4 rings (SSSR count). The Hall–Kier alpha value is -3.69. The Labute approximate surface area is 162 Å². The third-order valence-electron chi connectivity index (χ3n) is 4.76. The molecule has 0 saturated heterocycles. The van der Waals surface area contributed by atoms with E-state index in [0.717, 1.165) is 0 Å². The number of ketones is 2. The first-order valence-electron chi connectivity index (χ1n) is 8.95. The summed E-state index contributed by atoms with van der Waals surface area (Å²) in [6, 6.07) is 11.8. The molecule has 2 aromatic carbocycles. The maximum absolute atomic E-state index is 12.8. The number of benzene rings is 2. The zero-order valence-electron chi connectivity index (χ0n) is 15.2. The molecular weight excluding hydrogens is 354 g/mol. The quantitative estimate of drug-likeness (QED) is 0.620. The number of carbonyl (C=O) groups excluding carboxylic acids is 3. The fourth-order valence-electron chi connectivity index (χ4n) is 3.25. The van der Waals surface area contributed by atoms with Crippen molar-refractivity contribution in [1.82, 2.24) is 4.90 Å². The Bertz CT molecular complexity index is 1090. The summed E-state index contributed by atoms with van der Waals surface area (Å²) >= 11 is 0. The van der Waals surface area contributed by atoms with Gasteiger partial charge in [0.1, 0.15) is 6.10 Å². The van der Waals surface area contributed by atoms with E-state index in [1.54, 1.807) is 61.7 Å². The van der Waals surface area contributed by atoms with Crippen LogP contribution in [0.1, 0.15) is 56.9 Å². The predicted octanol–water partition coefficient (Wildman–Crippen LogP) is 4.55. The van der Waals surface area contributed by atoms with E-state index in [-0.39, 0.29) is 11.6 Å². The van der Waals surface area contributed by atoms with E-state index in [4.69, 9.17) is 4.74 Å². The first kappa shape index (κ1) is 17.7. The van der Waals surface area contributed by atoms with Gasteiger partial charge in [-0.2, -0.15) is 0 Å². The SMILES string of the molecule is CC(OC(=O)N1C=C=CCC=C1)c1ccc2c(c1)C(=O)c1ccccc1C2=O. The Balaban J connectivity index is 1.60. The van der Waals surface area contributed by atoms with Crippen LogP contribution in [0.15, 0.2) is 72.7 Å². The number of nitrogens with zero attached hydrogens (tertiary/aromatic N) is 1. The van der Waals surface area contributed by atoms with Crippen LogP contribution < -0.4 is 0 Å². The van der Waals surface area contributed by atoms with Gasteiger partial charge in [-0.1, -0.05) is 36.4 Å². The minimum Gasteiger partial charge on any atom is -0.441 e. The van der Waals surface area contributed by atoms with Crippen LogP contribution in [0.3, 0.4) is 0 Å². The minimum absolute atomic E-state index is 0.173. The van der Waals surface area contributed by atoms with Gasteiger partial charge in [0.05, 0.1) is 6.20 Å². The molecule has 0 radical (unpaired) electrons. The summed E-state index contributed by atoms with van der Waals surface area (Å²) in [5.41, 5.74) is 5.05. The summed E-state index contributed by atoms with van der Waals surface area (Å²) in [5.74, 6) is -0.373. The molecule has 138 valence electrons. The van der Waals surface area contributed by atoms with Gasteiger partial charge >= 0.3 is 6.09 Å². The lowest BCUT2D eigenvalue weighted by atomic mass is 9.83. The van der Waals surface area contributed by atoms with Gasteiger partial charge in [0, 0.05) is 28.5 Å². The maximum Gasteiger partial charge on any atom is 0.419 e. The third kappa shape index (κ3) is 3.08. The molecule has 2 aromatic rings. The summed E-state index contributed by atoms with van der Waals surface area (Å²) in [6.45, 7) is 1.73. The van der Waals surface area contributed by atoms with Crippen LogP contribution in [0.25, 0.3) is 0 Å². The number of fused-ring (bicyclic) bond motifs is 2. The fraction of sp³-hybridized carbons (Fsp3) is 0.130. The topological polar surface area (TPSA) is 63.7 Å². The molecule has 1 amide bonds. The van der Waals surface area contributed by atoms with Gasteiger partial charge in [-0.25, -0.2) is 4.79 Å². The summed E-state index contributed by atoms with van der Waals surface area (Å²) in [5, 5.41) is 0. The Kier molecular flexibility index (Phi) is 4.52. The molecule has 28 heavy (non-hydrogen) atoms. The van der Waals surface area contributed by atoms with Crippen molar-refractivity contribution in [3.8, 4) is 0 Å². The zero-order chi connectivity index (χ0) is 19.7. The van der Waals surface area contributed by atoms with Crippen molar-refractivity contribution in [3.05, 3.63) is 101 Å². The van der Waals surface area contributed by atoms with Gasteiger partial charge in [-0.15, -0.1) is 5.73 Å². The molecule has 0 spiro atoms. The highest BCUT2D eigenvalue weighted by atomic mass is 16.6. The highest BCUT2D eigenvalue weighted by molar-refractivity contribution is 6.28. The van der Waals surface area contributed by atoms with Crippen molar-refractivity contribution in [3.63, 3.8) is 0 Å². The van der Waals surface area contributed by atoms with Gasteiger partial charge in [0.2, 0.25) is 0 Å². The van der Waals surface area contributed by atoms with Crippen LogP contribution in [0.2, 0.25) is 0 Å². The number of ether oxygens (including phenoxy) is 1. The number of allylic oxidation sites excluding steroid dienone is 2. The van der Waals surface area contributed by atoms with Crippen LogP contribution in [0.4, 0.5) is 4.79 Å². The average molecular weight is 371 g/mol. The minimum atomic E-state index is -0.591. The first-order valence-corrected chi connectivity index (χ1v) is 8.95. The molecular formula is C23H17NO4. The summed E-state index contributed by atoms with van der Waals surface area (Å²) in [7, 11) is 0. The standard InChI is InChI=1S/C23H17NO4/c1-15(28-23(27)24-12-6-2-3-7-13-24)16-10-11-19-20(14-16)22(26)18-9-5-4-8-17(18)21(19)25/h2,4-5,7-15H,3H2,1H3. The van der Waals surface area contributed by atoms with Crippen molar-refractivity contribution in [2.45, 2.75) is 19.4 Å². The summed E-state index contributed by atoms with van der Waals surface area (Å²) in [4.78, 5) is 39.2. The molecule has 2 aliphatic rings. The second-order valence-electron chi connectivity index (χ2n) is 6.56. The highest BCUT2D eigenvalue weighted by Crippen LogP contribution is 2.30. The van der Waals surface area contributed by atoms with E-state index in [2.05, 4.69) is 5.73 Å². The molecule has 5 heteroatoms. The van der Waals surface area contributed by atoms with Crippen molar-refractivity contribution in [1.29, 1.82) is 0 Å². The van der Waals surface area contributed by atoms with E-state index in [1.807, 2.05) is 6.08 Å².